The maximum absolute atomic E-state index is 11.0. The smallest absolute Gasteiger partial charge is 0.407 e. The lowest BCUT2D eigenvalue weighted by molar-refractivity contribution is 0.132. The predicted octanol–water partition coefficient (Wildman–Crippen LogP) is 1.81. The third-order valence-electron chi connectivity index (χ3n) is 2.74. The summed E-state index contributed by atoms with van der Waals surface area (Å²) < 4.78 is 0. The zero-order chi connectivity index (χ0) is 11.1. The lowest BCUT2D eigenvalue weighted by atomic mass is 10.0. The van der Waals surface area contributed by atoms with Crippen LogP contribution >= 0.6 is 0 Å². The Labute approximate surface area is 90.7 Å². The molecule has 0 aromatic heterocycles. The first-order chi connectivity index (χ1) is 7.25. The van der Waals surface area contributed by atoms with E-state index in [0.29, 0.717) is 13.1 Å². The Morgan fingerprint density at radius 1 is 1.47 bits per heavy atom. The van der Waals surface area contributed by atoms with Crippen molar-refractivity contribution in [3.8, 4) is 0 Å². The predicted molar refractivity (Wildman–Crippen MR) is 59.8 cm³/mol. The van der Waals surface area contributed by atoms with Gasteiger partial charge in [-0.25, -0.2) is 4.79 Å². The Kier molecular flexibility index (Phi) is 5.18. The standard InChI is InChI=1S/C11H20N2O2/c12-8-9-13(11(14)15)10-6-4-2-1-3-5-7-10/h4,6,10H,1-3,5,7-9,12H2,(H,14,15)/b6-4+. The second-order valence-electron chi connectivity index (χ2n) is 3.90. The quantitative estimate of drug-likeness (QED) is 0.701. The van der Waals surface area contributed by atoms with E-state index in [9.17, 15) is 4.79 Å². The highest BCUT2D eigenvalue weighted by molar-refractivity contribution is 5.65. The number of rotatable bonds is 3. The van der Waals surface area contributed by atoms with Gasteiger partial charge in [0.15, 0.2) is 0 Å². The Hall–Kier alpha value is -1.03. The average Bonchev–Trinajstić information content (AvgIpc) is 2.14. The van der Waals surface area contributed by atoms with Gasteiger partial charge >= 0.3 is 6.09 Å². The Morgan fingerprint density at radius 2 is 2.27 bits per heavy atom. The van der Waals surface area contributed by atoms with Crippen LogP contribution in [-0.4, -0.2) is 35.2 Å². The lowest BCUT2D eigenvalue weighted by Crippen LogP contribution is -2.41. The summed E-state index contributed by atoms with van der Waals surface area (Å²) in [4.78, 5) is 12.5. The summed E-state index contributed by atoms with van der Waals surface area (Å²) in [6, 6.07) is 0.0198. The second kappa shape index (κ2) is 6.45. The van der Waals surface area contributed by atoms with E-state index in [0.717, 1.165) is 19.3 Å². The lowest BCUT2D eigenvalue weighted by Gasteiger charge is -2.27. The van der Waals surface area contributed by atoms with Crippen molar-refractivity contribution in [3.63, 3.8) is 0 Å². The summed E-state index contributed by atoms with van der Waals surface area (Å²) in [5.41, 5.74) is 5.41. The molecule has 86 valence electrons. The summed E-state index contributed by atoms with van der Waals surface area (Å²) in [5.74, 6) is 0. The van der Waals surface area contributed by atoms with Gasteiger partial charge in [-0.15, -0.1) is 0 Å². The Balaban J connectivity index is 2.62. The van der Waals surface area contributed by atoms with Crippen LogP contribution in [0.3, 0.4) is 0 Å². The minimum atomic E-state index is -0.865. The SMILES string of the molecule is NCCN(C(=O)O)C1/C=C/CCCCC1. The second-order valence-corrected chi connectivity index (χ2v) is 3.90. The van der Waals surface area contributed by atoms with Crippen LogP contribution in [0.25, 0.3) is 0 Å². The van der Waals surface area contributed by atoms with Gasteiger partial charge in [-0.1, -0.05) is 25.0 Å². The van der Waals surface area contributed by atoms with Crippen molar-refractivity contribution in [1.82, 2.24) is 4.90 Å². The number of nitrogens with zero attached hydrogens (tertiary/aromatic N) is 1. The molecule has 0 aliphatic heterocycles. The fraction of sp³-hybridized carbons (Fsp3) is 0.727. The molecule has 0 heterocycles. The van der Waals surface area contributed by atoms with Crippen LogP contribution < -0.4 is 5.73 Å². The Morgan fingerprint density at radius 3 is 2.93 bits per heavy atom. The highest BCUT2D eigenvalue weighted by atomic mass is 16.4. The molecule has 0 bridgehead atoms. The zero-order valence-corrected chi connectivity index (χ0v) is 9.06. The van der Waals surface area contributed by atoms with Crippen molar-refractivity contribution in [2.45, 2.75) is 38.1 Å². The third kappa shape index (κ3) is 3.91. The summed E-state index contributed by atoms with van der Waals surface area (Å²) in [6.07, 6.45) is 8.73. The van der Waals surface area contributed by atoms with E-state index in [-0.39, 0.29) is 6.04 Å². The molecule has 0 fully saturated rings. The van der Waals surface area contributed by atoms with E-state index in [1.807, 2.05) is 6.08 Å². The van der Waals surface area contributed by atoms with Crippen LogP contribution in [0.5, 0.6) is 0 Å². The molecule has 1 unspecified atom stereocenters. The molecule has 3 N–H and O–H groups in total. The largest absolute Gasteiger partial charge is 0.465 e. The van der Waals surface area contributed by atoms with Gasteiger partial charge in [-0.2, -0.15) is 0 Å². The first kappa shape index (κ1) is 12.0. The van der Waals surface area contributed by atoms with Crippen LogP contribution in [0.4, 0.5) is 4.79 Å². The van der Waals surface area contributed by atoms with Crippen molar-refractivity contribution in [3.05, 3.63) is 12.2 Å². The number of allylic oxidation sites excluding steroid dienone is 1. The molecule has 4 nitrogen and oxygen atoms in total. The molecule has 0 aromatic rings. The maximum atomic E-state index is 11.0. The van der Waals surface area contributed by atoms with Crippen LogP contribution in [0.1, 0.15) is 32.1 Å². The number of hydrogen-bond donors (Lipinski definition) is 2. The summed E-state index contributed by atoms with van der Waals surface area (Å²) in [7, 11) is 0. The first-order valence-corrected chi connectivity index (χ1v) is 5.62. The average molecular weight is 212 g/mol. The number of amides is 1. The van der Waals surface area contributed by atoms with E-state index in [1.54, 1.807) is 0 Å². The van der Waals surface area contributed by atoms with E-state index in [4.69, 9.17) is 10.8 Å². The minimum absolute atomic E-state index is 0.0198. The van der Waals surface area contributed by atoms with Gasteiger partial charge in [-0.3, -0.25) is 0 Å². The van der Waals surface area contributed by atoms with Gasteiger partial charge in [-0.05, 0) is 19.3 Å². The van der Waals surface area contributed by atoms with Crippen LogP contribution in [0.2, 0.25) is 0 Å². The van der Waals surface area contributed by atoms with Crippen molar-refractivity contribution in [2.75, 3.05) is 13.1 Å². The fourth-order valence-electron chi connectivity index (χ4n) is 1.94. The number of carbonyl (C=O) groups is 1. The highest BCUT2D eigenvalue weighted by Crippen LogP contribution is 2.16. The fourth-order valence-corrected chi connectivity index (χ4v) is 1.94. The van der Waals surface area contributed by atoms with Crippen LogP contribution in [0, 0.1) is 0 Å². The number of nitrogens with two attached hydrogens (primary N) is 1. The van der Waals surface area contributed by atoms with Crippen LogP contribution in [0.15, 0.2) is 12.2 Å². The molecule has 1 atom stereocenters. The third-order valence-corrected chi connectivity index (χ3v) is 2.74. The molecule has 4 heteroatoms. The van der Waals surface area contributed by atoms with Crippen molar-refractivity contribution in [2.24, 2.45) is 5.73 Å². The molecule has 1 aliphatic rings. The van der Waals surface area contributed by atoms with Gasteiger partial charge in [0.05, 0.1) is 6.04 Å². The molecular weight excluding hydrogens is 192 g/mol. The van der Waals surface area contributed by atoms with E-state index >= 15 is 0 Å². The van der Waals surface area contributed by atoms with Gasteiger partial charge in [0, 0.05) is 13.1 Å². The first-order valence-electron chi connectivity index (χ1n) is 5.62. The summed E-state index contributed by atoms with van der Waals surface area (Å²) in [5, 5.41) is 9.06. The minimum Gasteiger partial charge on any atom is -0.465 e. The van der Waals surface area contributed by atoms with E-state index in [2.05, 4.69) is 6.08 Å². The van der Waals surface area contributed by atoms with Crippen molar-refractivity contribution >= 4 is 6.09 Å². The van der Waals surface area contributed by atoms with E-state index < -0.39 is 6.09 Å². The number of carboxylic acid groups (broad SMARTS) is 1. The molecule has 1 rings (SSSR count). The zero-order valence-electron chi connectivity index (χ0n) is 9.06. The molecule has 1 aliphatic carbocycles. The molecule has 0 saturated carbocycles. The molecule has 0 aromatic carbocycles. The summed E-state index contributed by atoms with van der Waals surface area (Å²) in [6.45, 7) is 0.807. The monoisotopic (exact) mass is 212 g/mol. The molecule has 0 radical (unpaired) electrons. The van der Waals surface area contributed by atoms with Gasteiger partial charge in [0.1, 0.15) is 0 Å². The summed E-state index contributed by atoms with van der Waals surface area (Å²) >= 11 is 0. The topological polar surface area (TPSA) is 66.6 Å². The van der Waals surface area contributed by atoms with Crippen LogP contribution in [-0.2, 0) is 0 Å². The normalized spacial score (nSPS) is 23.9. The van der Waals surface area contributed by atoms with Gasteiger partial charge < -0.3 is 15.7 Å². The molecular formula is C11H20N2O2. The Bertz CT molecular complexity index is 229. The highest BCUT2D eigenvalue weighted by Gasteiger charge is 2.20. The molecule has 0 spiro atoms. The molecule has 15 heavy (non-hydrogen) atoms. The maximum Gasteiger partial charge on any atom is 0.407 e. The van der Waals surface area contributed by atoms with Crippen molar-refractivity contribution < 1.29 is 9.90 Å². The van der Waals surface area contributed by atoms with Crippen molar-refractivity contribution in [1.29, 1.82) is 0 Å². The molecule has 0 saturated heterocycles. The van der Waals surface area contributed by atoms with E-state index in [1.165, 1.54) is 17.7 Å². The molecule has 1 amide bonds. The number of hydrogen-bond acceptors (Lipinski definition) is 2. The van der Waals surface area contributed by atoms with Gasteiger partial charge in [0.25, 0.3) is 0 Å². The van der Waals surface area contributed by atoms with Gasteiger partial charge in [0.2, 0.25) is 0 Å².